The Morgan fingerprint density at radius 2 is 1.68 bits per heavy atom. The van der Waals surface area contributed by atoms with Crippen LogP contribution in [0.25, 0.3) is 21.3 Å². The summed E-state index contributed by atoms with van der Waals surface area (Å²) in [7, 11) is 0. The van der Waals surface area contributed by atoms with Crippen LogP contribution < -0.4 is 5.73 Å². The summed E-state index contributed by atoms with van der Waals surface area (Å²) in [5.41, 5.74) is 9.53. The van der Waals surface area contributed by atoms with Crippen LogP contribution in [0.1, 0.15) is 26.5 Å². The van der Waals surface area contributed by atoms with Crippen LogP contribution in [0.5, 0.6) is 0 Å². The molecule has 31 heavy (non-hydrogen) atoms. The minimum absolute atomic E-state index is 0.00783. The summed E-state index contributed by atoms with van der Waals surface area (Å²) in [6.45, 7) is 3.79. The van der Waals surface area contributed by atoms with E-state index in [1.165, 1.54) is 16.2 Å². The molecule has 0 spiro atoms. The molecule has 0 saturated carbocycles. The zero-order chi connectivity index (χ0) is 21.8. The number of hydrogen-bond acceptors (Lipinski definition) is 5. The molecule has 1 aliphatic heterocycles. The zero-order valence-electron chi connectivity index (χ0n) is 17.2. The van der Waals surface area contributed by atoms with Crippen molar-refractivity contribution < 1.29 is 9.18 Å². The second-order valence-electron chi connectivity index (χ2n) is 8.01. The molecule has 5 rings (SSSR count). The number of aromatic nitrogens is 2. The number of likely N-dealkylation sites (tertiary alicyclic amines) is 1. The number of benzene rings is 2. The number of anilines is 1. The van der Waals surface area contributed by atoms with Gasteiger partial charge in [0, 0.05) is 5.39 Å². The summed E-state index contributed by atoms with van der Waals surface area (Å²) in [5.74, 6) is -0.258. The molecule has 0 atom stereocenters. The summed E-state index contributed by atoms with van der Waals surface area (Å²) in [6.07, 6.45) is 0. The summed E-state index contributed by atoms with van der Waals surface area (Å²) < 4.78 is 15.5. The molecule has 1 saturated heterocycles. The number of nitrogen functional groups attached to an aromatic ring is 1. The highest BCUT2D eigenvalue weighted by molar-refractivity contribution is 7.21. The van der Waals surface area contributed by atoms with Crippen LogP contribution in [0.15, 0.2) is 54.6 Å². The molecule has 2 N–H and O–H groups in total. The Morgan fingerprint density at radius 1 is 1.03 bits per heavy atom. The van der Waals surface area contributed by atoms with Crippen molar-refractivity contribution in [2.75, 3.05) is 18.8 Å². The molecule has 7 heteroatoms. The molecule has 0 unspecified atom stereocenters. The number of carbonyl (C=O) groups excluding carboxylic acids is 1. The highest BCUT2D eigenvalue weighted by Gasteiger charge is 2.48. The Bertz CT molecular complexity index is 1290. The van der Waals surface area contributed by atoms with Crippen LogP contribution in [0.4, 0.5) is 10.1 Å². The van der Waals surface area contributed by atoms with Crippen LogP contribution in [-0.2, 0) is 5.67 Å². The first-order valence-electron chi connectivity index (χ1n) is 10.0. The van der Waals surface area contributed by atoms with Crippen molar-refractivity contribution in [3.63, 3.8) is 0 Å². The molecule has 2 aromatic heterocycles. The minimum Gasteiger partial charge on any atom is -0.397 e. The lowest BCUT2D eigenvalue weighted by Gasteiger charge is -2.44. The third-order valence-electron chi connectivity index (χ3n) is 6.01. The fraction of sp³-hybridized carbons (Fsp3) is 0.208. The maximum atomic E-state index is 15.5. The molecule has 156 valence electrons. The summed E-state index contributed by atoms with van der Waals surface area (Å²) in [5, 5.41) is 9.04. The lowest BCUT2D eigenvalue weighted by atomic mass is 9.87. The lowest BCUT2D eigenvalue weighted by Crippen LogP contribution is -2.58. The van der Waals surface area contributed by atoms with E-state index in [1.807, 2.05) is 56.3 Å². The first-order chi connectivity index (χ1) is 14.9. The van der Waals surface area contributed by atoms with Crippen molar-refractivity contribution in [2.24, 2.45) is 0 Å². The Morgan fingerprint density at radius 3 is 2.35 bits per heavy atom. The van der Waals surface area contributed by atoms with Crippen molar-refractivity contribution in [3.8, 4) is 11.1 Å². The van der Waals surface area contributed by atoms with Gasteiger partial charge in [-0.25, -0.2) is 4.39 Å². The Kier molecular flexibility index (Phi) is 4.51. The number of aryl methyl sites for hydroxylation is 2. The Labute approximate surface area is 183 Å². The monoisotopic (exact) mass is 432 g/mol. The average molecular weight is 433 g/mol. The molecule has 1 aliphatic rings. The second kappa shape index (κ2) is 7.13. The Balaban J connectivity index is 1.35. The summed E-state index contributed by atoms with van der Waals surface area (Å²) >= 11 is 1.22. The van der Waals surface area contributed by atoms with Crippen molar-refractivity contribution in [2.45, 2.75) is 19.5 Å². The predicted molar refractivity (Wildman–Crippen MR) is 122 cm³/mol. The van der Waals surface area contributed by atoms with E-state index in [1.54, 1.807) is 12.1 Å². The van der Waals surface area contributed by atoms with E-state index in [2.05, 4.69) is 10.2 Å². The maximum Gasteiger partial charge on any atom is 0.266 e. The number of nitrogens with zero attached hydrogens (tertiary/aromatic N) is 3. The van der Waals surface area contributed by atoms with Gasteiger partial charge >= 0.3 is 0 Å². The van der Waals surface area contributed by atoms with E-state index in [0.717, 1.165) is 27.8 Å². The number of thiophene rings is 1. The molecule has 1 amide bonds. The van der Waals surface area contributed by atoms with Gasteiger partial charge in [-0.3, -0.25) is 4.79 Å². The van der Waals surface area contributed by atoms with Crippen LogP contribution in [-0.4, -0.2) is 34.1 Å². The standard InChI is InChI=1S/C24H21FN4OS/c1-14-15(2)27-28-22-19(14)20(26)21(31-22)23(30)29-12-24(25,13-29)18-10-8-17(9-11-18)16-6-4-3-5-7-16/h3-11H,12-13,26H2,1-2H3. The normalized spacial score (nSPS) is 15.1. The van der Waals surface area contributed by atoms with Crippen molar-refractivity contribution in [1.29, 1.82) is 0 Å². The largest absolute Gasteiger partial charge is 0.397 e. The van der Waals surface area contributed by atoms with Crippen LogP contribution >= 0.6 is 11.3 Å². The van der Waals surface area contributed by atoms with Crippen LogP contribution in [0.3, 0.4) is 0 Å². The molecule has 3 heterocycles. The van der Waals surface area contributed by atoms with E-state index in [-0.39, 0.29) is 19.0 Å². The van der Waals surface area contributed by atoms with Gasteiger partial charge in [0.1, 0.15) is 9.71 Å². The van der Waals surface area contributed by atoms with Gasteiger partial charge in [0.2, 0.25) is 0 Å². The molecule has 0 bridgehead atoms. The number of nitrogens with two attached hydrogens (primary N) is 1. The number of halogens is 1. The first kappa shape index (κ1) is 19.6. The van der Waals surface area contributed by atoms with Crippen molar-refractivity contribution in [3.05, 3.63) is 76.3 Å². The number of carbonyl (C=O) groups is 1. The SMILES string of the molecule is Cc1nnc2sc(C(=O)N3CC(F)(c4ccc(-c5ccccc5)cc4)C3)c(N)c2c1C. The molecule has 0 aliphatic carbocycles. The highest BCUT2D eigenvalue weighted by Crippen LogP contribution is 2.41. The van der Waals surface area contributed by atoms with Gasteiger partial charge in [0.05, 0.1) is 24.5 Å². The molecule has 4 aromatic rings. The number of amides is 1. The number of alkyl halides is 1. The average Bonchev–Trinajstić information content (AvgIpc) is 3.11. The Hall–Kier alpha value is -3.32. The third kappa shape index (κ3) is 3.16. The molecule has 1 fully saturated rings. The smallest absolute Gasteiger partial charge is 0.266 e. The van der Waals surface area contributed by atoms with Gasteiger partial charge < -0.3 is 10.6 Å². The second-order valence-corrected chi connectivity index (χ2v) is 9.00. The quantitative estimate of drug-likeness (QED) is 0.501. The molecule has 2 aromatic carbocycles. The van der Waals surface area contributed by atoms with Crippen LogP contribution in [0.2, 0.25) is 0 Å². The van der Waals surface area contributed by atoms with Gasteiger partial charge in [-0.15, -0.1) is 16.4 Å². The van der Waals surface area contributed by atoms with Gasteiger partial charge in [-0.1, -0.05) is 54.6 Å². The topological polar surface area (TPSA) is 72.1 Å². The van der Waals surface area contributed by atoms with Gasteiger partial charge in [-0.2, -0.15) is 5.10 Å². The maximum absolute atomic E-state index is 15.5. The molecule has 0 radical (unpaired) electrons. The molecular weight excluding hydrogens is 411 g/mol. The van der Waals surface area contributed by atoms with E-state index in [0.29, 0.717) is 21.0 Å². The third-order valence-corrected chi connectivity index (χ3v) is 7.09. The van der Waals surface area contributed by atoms with Gasteiger partial charge in [-0.05, 0) is 36.1 Å². The van der Waals surface area contributed by atoms with E-state index >= 15 is 4.39 Å². The summed E-state index contributed by atoms with van der Waals surface area (Å²) in [6, 6.07) is 17.4. The van der Waals surface area contributed by atoms with E-state index in [4.69, 9.17) is 5.73 Å². The predicted octanol–water partition coefficient (Wildman–Crippen LogP) is 4.88. The fourth-order valence-corrected chi connectivity index (χ4v) is 5.09. The lowest BCUT2D eigenvalue weighted by molar-refractivity contribution is -0.0227. The highest BCUT2D eigenvalue weighted by atomic mass is 32.1. The molecular formula is C24H21FN4OS. The number of hydrogen-bond donors (Lipinski definition) is 1. The van der Waals surface area contributed by atoms with Crippen LogP contribution in [0, 0.1) is 13.8 Å². The van der Waals surface area contributed by atoms with Crippen molar-refractivity contribution in [1.82, 2.24) is 15.1 Å². The fourth-order valence-electron chi connectivity index (χ4n) is 4.02. The van der Waals surface area contributed by atoms with Gasteiger partial charge in [0.15, 0.2) is 5.67 Å². The van der Waals surface area contributed by atoms with Crippen molar-refractivity contribution >= 4 is 33.1 Å². The number of fused-ring (bicyclic) bond motifs is 1. The minimum atomic E-state index is -1.55. The molecule has 5 nitrogen and oxygen atoms in total. The summed E-state index contributed by atoms with van der Waals surface area (Å²) in [4.78, 5) is 15.5. The van der Waals surface area contributed by atoms with Gasteiger partial charge in [0.25, 0.3) is 5.91 Å². The van der Waals surface area contributed by atoms with E-state index in [9.17, 15) is 4.79 Å². The zero-order valence-corrected chi connectivity index (χ0v) is 18.0. The first-order valence-corrected chi connectivity index (χ1v) is 10.8. The van der Waals surface area contributed by atoms with E-state index < -0.39 is 5.67 Å². The number of rotatable bonds is 3.